The van der Waals surface area contributed by atoms with Crippen LogP contribution in [0.4, 0.5) is 5.95 Å². The number of fused-ring (bicyclic) bond motifs is 1. The molecular weight excluding hydrogens is 601 g/mol. The fourth-order valence-corrected chi connectivity index (χ4v) is 7.76. The van der Waals surface area contributed by atoms with Crippen molar-refractivity contribution < 1.29 is 28.2 Å². The van der Waals surface area contributed by atoms with Gasteiger partial charge in [-0.1, -0.05) is 68.1 Å². The van der Waals surface area contributed by atoms with Crippen LogP contribution in [-0.4, -0.2) is 61.6 Å². The fourth-order valence-electron chi connectivity index (χ4n) is 5.95. The molecule has 1 aromatic carbocycles. The molecular formula is C29H42N9O6P. The molecule has 1 aliphatic heterocycles. The minimum Gasteiger partial charge on any atom is -0.476 e. The molecule has 4 N–H and O–H groups in total. The summed E-state index contributed by atoms with van der Waals surface area (Å²) >= 11 is 0. The molecule has 1 aliphatic carbocycles. The van der Waals surface area contributed by atoms with Crippen molar-refractivity contribution in [3.63, 3.8) is 0 Å². The van der Waals surface area contributed by atoms with Crippen LogP contribution in [0.25, 0.3) is 21.6 Å². The Balaban J connectivity index is 1.42. The Bertz CT molecular complexity index is 1530. The van der Waals surface area contributed by atoms with Crippen LogP contribution in [0, 0.1) is 0 Å². The summed E-state index contributed by atoms with van der Waals surface area (Å²) in [4.78, 5) is 15.8. The summed E-state index contributed by atoms with van der Waals surface area (Å²) < 4.78 is 40.3. The molecule has 16 heteroatoms. The minimum absolute atomic E-state index is 0.0314. The van der Waals surface area contributed by atoms with E-state index in [9.17, 15) is 15.2 Å². The molecule has 0 spiro atoms. The number of hydrogen-bond donors (Lipinski definition) is 3. The van der Waals surface area contributed by atoms with Crippen LogP contribution in [0.3, 0.4) is 0 Å². The zero-order valence-electron chi connectivity index (χ0n) is 25.9. The third-order valence-corrected chi connectivity index (χ3v) is 10.0. The van der Waals surface area contributed by atoms with Crippen molar-refractivity contribution in [1.29, 1.82) is 0 Å². The van der Waals surface area contributed by atoms with E-state index < -0.39 is 37.8 Å². The number of nitrogens with two attached hydrogens (primary N) is 1. The first-order valence-corrected chi connectivity index (χ1v) is 17.0. The SMILES string of the molecule is CCCCC(OP(=O)(NC1CCCC1)OC[C@H]1OC(n2cnc3c(OCC)nc(N)nc32)[C@](C)(N=[N+]=[N-])[C@@H]1O)c1ccccc1. The predicted octanol–water partition coefficient (Wildman–Crippen LogP) is 5.74. The van der Waals surface area contributed by atoms with Crippen LogP contribution >= 0.6 is 7.75 Å². The van der Waals surface area contributed by atoms with Crippen molar-refractivity contribution in [3.8, 4) is 5.88 Å². The van der Waals surface area contributed by atoms with Gasteiger partial charge in [-0.25, -0.2) is 14.6 Å². The molecule has 6 atom stereocenters. The smallest absolute Gasteiger partial charge is 0.406 e. The number of unbranched alkanes of at least 4 members (excludes halogenated alkanes) is 1. The van der Waals surface area contributed by atoms with Crippen molar-refractivity contribution in [2.24, 2.45) is 5.11 Å². The summed E-state index contributed by atoms with van der Waals surface area (Å²) in [6.45, 7) is 5.47. The molecule has 0 radical (unpaired) electrons. The van der Waals surface area contributed by atoms with Crippen LogP contribution in [0.2, 0.25) is 0 Å². The Morgan fingerprint density at radius 3 is 2.73 bits per heavy atom. The summed E-state index contributed by atoms with van der Waals surface area (Å²) in [5.41, 5.74) is 15.4. The number of nitrogens with one attached hydrogen (secondary N) is 1. The maximum absolute atomic E-state index is 14.5. The Morgan fingerprint density at radius 1 is 1.29 bits per heavy atom. The van der Waals surface area contributed by atoms with E-state index >= 15 is 0 Å². The first-order chi connectivity index (χ1) is 21.7. The number of nitrogens with zero attached hydrogens (tertiary/aromatic N) is 7. The van der Waals surface area contributed by atoms with Crippen LogP contribution in [0.5, 0.6) is 5.88 Å². The first-order valence-electron chi connectivity index (χ1n) is 15.5. The van der Waals surface area contributed by atoms with E-state index in [2.05, 4.69) is 37.0 Å². The van der Waals surface area contributed by atoms with Gasteiger partial charge in [-0.2, -0.15) is 9.97 Å². The summed E-state index contributed by atoms with van der Waals surface area (Å²) in [5, 5.41) is 18.6. The normalized spacial score (nSPS) is 25.6. The average molecular weight is 644 g/mol. The lowest BCUT2D eigenvalue weighted by molar-refractivity contribution is -0.0448. The van der Waals surface area contributed by atoms with E-state index in [-0.39, 0.29) is 30.1 Å². The molecule has 2 fully saturated rings. The van der Waals surface area contributed by atoms with Crippen molar-refractivity contribution in [3.05, 3.63) is 52.7 Å². The molecule has 2 aromatic heterocycles. The fraction of sp³-hybridized carbons (Fsp3) is 0.621. The number of hydrogen-bond acceptors (Lipinski definition) is 11. The van der Waals surface area contributed by atoms with Gasteiger partial charge < -0.3 is 20.3 Å². The molecule has 2 aliphatic rings. The highest BCUT2D eigenvalue weighted by molar-refractivity contribution is 7.51. The number of aliphatic hydroxyl groups is 1. The molecule has 15 nitrogen and oxygen atoms in total. The summed E-state index contributed by atoms with van der Waals surface area (Å²) in [6.07, 6.45) is 3.69. The van der Waals surface area contributed by atoms with Gasteiger partial charge >= 0.3 is 7.75 Å². The monoisotopic (exact) mass is 643 g/mol. The van der Waals surface area contributed by atoms with Crippen LogP contribution in [-0.2, 0) is 18.3 Å². The number of imidazole rings is 1. The zero-order chi connectivity index (χ0) is 32.0. The van der Waals surface area contributed by atoms with Crippen molar-refractivity contribution in [1.82, 2.24) is 24.6 Å². The van der Waals surface area contributed by atoms with E-state index in [1.807, 2.05) is 30.3 Å². The highest BCUT2D eigenvalue weighted by Gasteiger charge is 2.55. The van der Waals surface area contributed by atoms with Gasteiger partial charge in [-0.3, -0.25) is 13.6 Å². The number of benzene rings is 1. The molecule has 3 heterocycles. The quantitative estimate of drug-likeness (QED) is 0.0788. The van der Waals surface area contributed by atoms with Crippen LogP contribution in [0.1, 0.15) is 83.6 Å². The van der Waals surface area contributed by atoms with Crippen LogP contribution < -0.4 is 15.6 Å². The second-order valence-electron chi connectivity index (χ2n) is 11.6. The van der Waals surface area contributed by atoms with Gasteiger partial charge in [0.1, 0.15) is 11.6 Å². The molecule has 3 aromatic rings. The molecule has 5 rings (SSSR count). The highest BCUT2D eigenvalue weighted by atomic mass is 31.2. The number of rotatable bonds is 15. The molecule has 244 valence electrons. The molecule has 3 unspecified atom stereocenters. The minimum atomic E-state index is -3.92. The maximum Gasteiger partial charge on any atom is 0.406 e. The summed E-state index contributed by atoms with van der Waals surface area (Å²) in [7, 11) is -3.92. The van der Waals surface area contributed by atoms with Crippen LogP contribution in [0.15, 0.2) is 41.8 Å². The summed E-state index contributed by atoms with van der Waals surface area (Å²) in [6, 6.07) is 9.62. The Hall–Kier alpha value is -3.29. The lowest BCUT2D eigenvalue weighted by atomic mass is 9.93. The third-order valence-electron chi connectivity index (χ3n) is 8.32. The first kappa shape index (κ1) is 33.1. The molecule has 45 heavy (non-hydrogen) atoms. The Kier molecular flexibility index (Phi) is 10.6. The molecule has 0 bridgehead atoms. The van der Waals surface area contributed by atoms with Gasteiger partial charge in [-0.15, -0.1) is 0 Å². The third kappa shape index (κ3) is 7.25. The van der Waals surface area contributed by atoms with Gasteiger partial charge in [0.25, 0.3) is 0 Å². The Morgan fingerprint density at radius 2 is 2.04 bits per heavy atom. The van der Waals surface area contributed by atoms with E-state index in [1.54, 1.807) is 13.8 Å². The zero-order valence-corrected chi connectivity index (χ0v) is 26.8. The van der Waals surface area contributed by atoms with Crippen molar-refractivity contribution in [2.75, 3.05) is 18.9 Å². The molecule has 1 saturated heterocycles. The highest BCUT2D eigenvalue weighted by Crippen LogP contribution is 2.52. The molecule has 1 saturated carbocycles. The van der Waals surface area contributed by atoms with E-state index in [0.29, 0.717) is 18.5 Å². The van der Waals surface area contributed by atoms with Gasteiger partial charge in [0.05, 0.1) is 31.7 Å². The lowest BCUT2D eigenvalue weighted by Gasteiger charge is -2.29. The topological polar surface area (TPSA) is 205 Å². The molecule has 0 amide bonds. The number of nitrogen functional groups attached to an aromatic ring is 1. The van der Waals surface area contributed by atoms with E-state index in [1.165, 1.54) is 10.9 Å². The van der Waals surface area contributed by atoms with E-state index in [0.717, 1.165) is 44.1 Å². The standard InChI is InChI=1S/C29H42N9O6P/c1-4-6-16-21(19-12-8-7-9-13-19)44-45(40,35-20-14-10-11-15-20)42-17-22-24(39)29(3,36-37-31)27(43-22)38-18-32-23-25(38)33-28(30)34-26(23)41-5-2/h7-9,12-13,18,20-22,24,27,39H,4-6,10-11,14-17H2,1-3H3,(H,35,40)(H2,30,33,34)/t21?,22-,24-,27?,29-,45?/m1/s1. The maximum atomic E-state index is 14.5. The summed E-state index contributed by atoms with van der Waals surface area (Å²) in [5.74, 6) is 0.138. The van der Waals surface area contributed by atoms with E-state index in [4.69, 9.17) is 24.3 Å². The van der Waals surface area contributed by atoms with Gasteiger partial charge in [0.2, 0.25) is 11.8 Å². The van der Waals surface area contributed by atoms with Gasteiger partial charge in [0, 0.05) is 11.0 Å². The lowest BCUT2D eigenvalue weighted by Crippen LogP contribution is -2.42. The second-order valence-corrected chi connectivity index (χ2v) is 13.3. The average Bonchev–Trinajstić information content (AvgIpc) is 3.74. The second kappa shape index (κ2) is 14.4. The van der Waals surface area contributed by atoms with Crippen molar-refractivity contribution >= 4 is 24.9 Å². The number of ether oxygens (including phenoxy) is 2. The number of aromatic nitrogens is 4. The number of azide groups is 1. The number of aliphatic hydroxyl groups excluding tert-OH is 1. The predicted molar refractivity (Wildman–Crippen MR) is 167 cm³/mol. The Labute approximate surface area is 262 Å². The van der Waals surface area contributed by atoms with Crippen molar-refractivity contribution in [2.45, 2.75) is 102 Å². The largest absolute Gasteiger partial charge is 0.476 e. The van der Waals surface area contributed by atoms with Gasteiger partial charge in [-0.05, 0) is 44.2 Å². The number of anilines is 1. The van der Waals surface area contributed by atoms with Gasteiger partial charge in [0.15, 0.2) is 17.4 Å².